The van der Waals surface area contributed by atoms with E-state index in [1.54, 1.807) is 19.1 Å². The maximum Gasteiger partial charge on any atom is 0.165 e. The van der Waals surface area contributed by atoms with Gasteiger partial charge < -0.3 is 14.6 Å². The molecule has 1 aromatic carbocycles. The molecule has 3 rings (SSSR count). The summed E-state index contributed by atoms with van der Waals surface area (Å²) in [6.07, 6.45) is 5.62. The highest BCUT2D eigenvalue weighted by atomic mass is 19.1. The van der Waals surface area contributed by atoms with Crippen molar-refractivity contribution in [2.24, 2.45) is 0 Å². The Hall–Kier alpha value is -1.13. The molecule has 1 heterocycles. The fourth-order valence-electron chi connectivity index (χ4n) is 3.50. The van der Waals surface area contributed by atoms with E-state index in [9.17, 15) is 9.50 Å². The van der Waals surface area contributed by atoms with Crippen LogP contribution in [0.15, 0.2) is 18.2 Å². The zero-order chi connectivity index (χ0) is 14.9. The van der Waals surface area contributed by atoms with Crippen LogP contribution >= 0.6 is 0 Å². The summed E-state index contributed by atoms with van der Waals surface area (Å²) in [6, 6.07) is 4.69. The molecule has 1 saturated heterocycles. The van der Waals surface area contributed by atoms with E-state index in [0.717, 1.165) is 25.7 Å². The molecule has 1 aliphatic heterocycles. The Morgan fingerprint density at radius 2 is 2.14 bits per heavy atom. The molecule has 1 spiro atoms. The topological polar surface area (TPSA) is 38.7 Å². The lowest BCUT2D eigenvalue weighted by Crippen LogP contribution is -2.41. The molecule has 4 heteroatoms. The van der Waals surface area contributed by atoms with Gasteiger partial charge in [0.15, 0.2) is 11.6 Å². The molecule has 1 aromatic rings. The van der Waals surface area contributed by atoms with Gasteiger partial charge in [0, 0.05) is 12.8 Å². The second-order valence-corrected chi connectivity index (χ2v) is 6.34. The van der Waals surface area contributed by atoms with Crippen molar-refractivity contribution in [1.29, 1.82) is 0 Å². The number of hydrogen-bond acceptors (Lipinski definition) is 3. The fourth-order valence-corrected chi connectivity index (χ4v) is 3.50. The minimum atomic E-state index is -0.668. The van der Waals surface area contributed by atoms with Crippen molar-refractivity contribution >= 4 is 0 Å². The van der Waals surface area contributed by atoms with Gasteiger partial charge in [0.25, 0.3) is 0 Å². The largest absolute Gasteiger partial charge is 0.487 e. The van der Waals surface area contributed by atoms with Crippen molar-refractivity contribution in [1.82, 2.24) is 0 Å². The van der Waals surface area contributed by atoms with Crippen LogP contribution < -0.4 is 4.74 Å². The molecule has 2 aliphatic rings. The maximum absolute atomic E-state index is 14.1. The highest BCUT2D eigenvalue weighted by molar-refractivity contribution is 5.30. The lowest BCUT2D eigenvalue weighted by molar-refractivity contribution is -0.108. The van der Waals surface area contributed by atoms with Gasteiger partial charge in [-0.05, 0) is 37.5 Å². The summed E-state index contributed by atoms with van der Waals surface area (Å²) in [5.74, 6) is -0.125. The van der Waals surface area contributed by atoms with E-state index in [1.165, 1.54) is 18.9 Å². The standard InChI is InChI=1S/C17H23FO3/c1-12(19)13-4-5-16(15(18)10-13)21-14-6-9-20-17(11-14)7-2-3-8-17/h4-5,10,12,14,19H,2-3,6-9,11H2,1H3/t12-,14?/m1/s1. The van der Waals surface area contributed by atoms with Crippen LogP contribution in [0.1, 0.15) is 57.1 Å². The number of rotatable bonds is 3. The summed E-state index contributed by atoms with van der Waals surface area (Å²) >= 11 is 0. The number of aliphatic hydroxyl groups excluding tert-OH is 1. The van der Waals surface area contributed by atoms with Gasteiger partial charge in [0.1, 0.15) is 6.10 Å². The highest BCUT2D eigenvalue weighted by Gasteiger charge is 2.40. The van der Waals surface area contributed by atoms with Crippen LogP contribution in [-0.4, -0.2) is 23.4 Å². The van der Waals surface area contributed by atoms with Gasteiger partial charge in [-0.2, -0.15) is 0 Å². The number of ether oxygens (including phenoxy) is 2. The Bertz CT molecular complexity index is 495. The predicted octanol–water partition coefficient (Wildman–Crippen LogP) is 3.75. The summed E-state index contributed by atoms with van der Waals surface area (Å²) in [7, 11) is 0. The third kappa shape index (κ3) is 3.22. The van der Waals surface area contributed by atoms with Crippen LogP contribution in [0, 0.1) is 5.82 Å². The van der Waals surface area contributed by atoms with E-state index >= 15 is 0 Å². The Balaban J connectivity index is 1.68. The molecule has 0 aromatic heterocycles. The molecule has 2 fully saturated rings. The zero-order valence-corrected chi connectivity index (χ0v) is 12.5. The average molecular weight is 294 g/mol. The first-order valence-corrected chi connectivity index (χ1v) is 7.86. The van der Waals surface area contributed by atoms with Crippen LogP contribution in [0.2, 0.25) is 0 Å². The molecule has 21 heavy (non-hydrogen) atoms. The number of halogens is 1. The monoisotopic (exact) mass is 294 g/mol. The molecule has 0 bridgehead atoms. The molecule has 116 valence electrons. The summed E-state index contributed by atoms with van der Waals surface area (Å²) in [5.41, 5.74) is 0.540. The summed E-state index contributed by atoms with van der Waals surface area (Å²) in [5, 5.41) is 9.48. The highest BCUT2D eigenvalue weighted by Crippen LogP contribution is 2.41. The van der Waals surface area contributed by atoms with Gasteiger partial charge >= 0.3 is 0 Å². The summed E-state index contributed by atoms with van der Waals surface area (Å²) < 4.78 is 25.9. The van der Waals surface area contributed by atoms with Gasteiger partial charge in [-0.25, -0.2) is 4.39 Å². The average Bonchev–Trinajstić information content (AvgIpc) is 2.89. The van der Waals surface area contributed by atoms with Crippen molar-refractivity contribution in [2.45, 2.75) is 63.3 Å². The first-order valence-electron chi connectivity index (χ1n) is 7.86. The number of aliphatic hydroxyl groups is 1. The normalized spacial score (nSPS) is 26.0. The molecule has 0 amide bonds. The van der Waals surface area contributed by atoms with Gasteiger partial charge in [0.05, 0.1) is 18.3 Å². The third-order valence-electron chi connectivity index (χ3n) is 4.69. The van der Waals surface area contributed by atoms with E-state index in [0.29, 0.717) is 12.2 Å². The summed E-state index contributed by atoms with van der Waals surface area (Å²) in [4.78, 5) is 0. The lowest BCUT2D eigenvalue weighted by Gasteiger charge is -2.38. The zero-order valence-electron chi connectivity index (χ0n) is 12.5. The molecule has 1 N–H and O–H groups in total. The van der Waals surface area contributed by atoms with Gasteiger partial charge in [0.2, 0.25) is 0 Å². The van der Waals surface area contributed by atoms with E-state index in [4.69, 9.17) is 9.47 Å². The molecule has 3 nitrogen and oxygen atoms in total. The van der Waals surface area contributed by atoms with E-state index in [-0.39, 0.29) is 17.5 Å². The van der Waals surface area contributed by atoms with Crippen molar-refractivity contribution < 1.29 is 19.0 Å². The first-order chi connectivity index (χ1) is 10.1. The maximum atomic E-state index is 14.1. The van der Waals surface area contributed by atoms with E-state index in [1.807, 2.05) is 0 Å². The molecular formula is C17H23FO3. The lowest BCUT2D eigenvalue weighted by atomic mass is 9.90. The molecule has 0 radical (unpaired) electrons. The van der Waals surface area contributed by atoms with E-state index < -0.39 is 11.9 Å². The quantitative estimate of drug-likeness (QED) is 0.922. The Labute approximate surface area is 125 Å². The van der Waals surface area contributed by atoms with Crippen molar-refractivity contribution in [3.05, 3.63) is 29.6 Å². The molecule has 1 aliphatic carbocycles. The van der Waals surface area contributed by atoms with Crippen LogP contribution in [0.5, 0.6) is 5.75 Å². The van der Waals surface area contributed by atoms with Crippen molar-refractivity contribution in [3.63, 3.8) is 0 Å². The van der Waals surface area contributed by atoms with Crippen LogP contribution in [0.4, 0.5) is 4.39 Å². The Kier molecular flexibility index (Phi) is 4.18. The van der Waals surface area contributed by atoms with Gasteiger partial charge in [-0.1, -0.05) is 18.9 Å². The van der Waals surface area contributed by atoms with Crippen LogP contribution in [-0.2, 0) is 4.74 Å². The van der Waals surface area contributed by atoms with Gasteiger partial charge in [-0.15, -0.1) is 0 Å². The minimum Gasteiger partial charge on any atom is -0.487 e. The molecule has 2 atom stereocenters. The van der Waals surface area contributed by atoms with Crippen molar-refractivity contribution in [2.75, 3.05) is 6.61 Å². The minimum absolute atomic E-state index is 0.0174. The van der Waals surface area contributed by atoms with Gasteiger partial charge in [-0.3, -0.25) is 0 Å². The second-order valence-electron chi connectivity index (χ2n) is 6.34. The number of hydrogen-bond donors (Lipinski definition) is 1. The third-order valence-corrected chi connectivity index (χ3v) is 4.69. The van der Waals surface area contributed by atoms with Crippen molar-refractivity contribution in [3.8, 4) is 5.75 Å². The SMILES string of the molecule is C[C@@H](O)c1ccc(OC2CCOC3(CCCC3)C2)c(F)c1. The molecule has 1 unspecified atom stereocenters. The molecule has 1 saturated carbocycles. The predicted molar refractivity (Wildman–Crippen MR) is 77.8 cm³/mol. The summed E-state index contributed by atoms with van der Waals surface area (Å²) in [6.45, 7) is 2.32. The molecular weight excluding hydrogens is 271 g/mol. The number of benzene rings is 1. The Morgan fingerprint density at radius 1 is 1.38 bits per heavy atom. The van der Waals surface area contributed by atoms with E-state index in [2.05, 4.69) is 0 Å². The first kappa shape index (κ1) is 14.8. The second kappa shape index (κ2) is 5.93. The Morgan fingerprint density at radius 3 is 2.81 bits per heavy atom. The fraction of sp³-hybridized carbons (Fsp3) is 0.647. The smallest absolute Gasteiger partial charge is 0.165 e. The van der Waals surface area contributed by atoms with Crippen LogP contribution in [0.25, 0.3) is 0 Å². The van der Waals surface area contributed by atoms with Crippen LogP contribution in [0.3, 0.4) is 0 Å².